The Morgan fingerprint density at radius 3 is 2.52 bits per heavy atom. The number of carboxylic acid groups (broad SMARTS) is 1. The van der Waals surface area contributed by atoms with Crippen molar-refractivity contribution in [2.45, 2.75) is 25.7 Å². The Hall–Kier alpha value is -1.56. The molecule has 0 radical (unpaired) electrons. The van der Waals surface area contributed by atoms with E-state index in [0.717, 1.165) is 17.3 Å². The van der Waals surface area contributed by atoms with E-state index in [0.29, 0.717) is 24.3 Å². The lowest BCUT2D eigenvalue weighted by Gasteiger charge is -2.27. The Balaban J connectivity index is 2.09. The van der Waals surface area contributed by atoms with Crippen LogP contribution in [0.15, 0.2) is 22.7 Å². The number of carbonyl (C=O) groups excluding carboxylic acids is 1. The maximum atomic E-state index is 12.3. The lowest BCUT2D eigenvalue weighted by atomic mass is 9.78. The number of amides is 1. The van der Waals surface area contributed by atoms with Gasteiger partial charge in [-0.2, -0.15) is 0 Å². The number of methoxy groups -OCH3 is 1. The Bertz CT molecular complexity index is 546. The van der Waals surface area contributed by atoms with Gasteiger partial charge in [-0.1, -0.05) is 12.8 Å². The molecule has 0 spiro atoms. The van der Waals surface area contributed by atoms with Crippen molar-refractivity contribution in [3.63, 3.8) is 0 Å². The minimum absolute atomic E-state index is 0.223. The molecule has 2 N–H and O–H groups in total. The van der Waals surface area contributed by atoms with Crippen LogP contribution in [0.4, 0.5) is 5.69 Å². The molecule has 6 heteroatoms. The van der Waals surface area contributed by atoms with Crippen molar-refractivity contribution in [3.8, 4) is 5.75 Å². The highest BCUT2D eigenvalue weighted by molar-refractivity contribution is 9.10. The molecule has 1 aromatic rings. The Morgan fingerprint density at radius 1 is 1.29 bits per heavy atom. The molecule has 0 bridgehead atoms. The summed E-state index contributed by atoms with van der Waals surface area (Å²) >= 11 is 3.36. The lowest BCUT2D eigenvalue weighted by molar-refractivity contribution is -0.147. The van der Waals surface area contributed by atoms with Crippen LogP contribution in [0.2, 0.25) is 0 Å². The van der Waals surface area contributed by atoms with Gasteiger partial charge in [0.25, 0.3) is 0 Å². The zero-order valence-electron chi connectivity index (χ0n) is 11.8. The van der Waals surface area contributed by atoms with Crippen LogP contribution in [0.3, 0.4) is 0 Å². The van der Waals surface area contributed by atoms with Crippen LogP contribution >= 0.6 is 15.9 Å². The van der Waals surface area contributed by atoms with E-state index in [4.69, 9.17) is 4.74 Å². The molecule has 0 aliphatic heterocycles. The van der Waals surface area contributed by atoms with Gasteiger partial charge in [0, 0.05) is 5.69 Å². The third-order valence-electron chi connectivity index (χ3n) is 3.84. The fraction of sp³-hybridized carbons (Fsp3) is 0.467. The monoisotopic (exact) mass is 355 g/mol. The number of halogens is 1. The van der Waals surface area contributed by atoms with Gasteiger partial charge < -0.3 is 15.2 Å². The Labute approximate surface area is 131 Å². The molecule has 114 valence electrons. The van der Waals surface area contributed by atoms with Crippen LogP contribution in [-0.2, 0) is 9.59 Å². The molecular formula is C15H18BrNO4. The summed E-state index contributed by atoms with van der Waals surface area (Å²) in [6, 6.07) is 5.23. The van der Waals surface area contributed by atoms with Crippen LogP contribution < -0.4 is 10.1 Å². The van der Waals surface area contributed by atoms with Gasteiger partial charge >= 0.3 is 5.97 Å². The predicted molar refractivity (Wildman–Crippen MR) is 82.4 cm³/mol. The number of carboxylic acids is 1. The zero-order valence-corrected chi connectivity index (χ0v) is 13.4. The zero-order chi connectivity index (χ0) is 15.4. The second kappa shape index (κ2) is 6.93. The predicted octanol–water partition coefficient (Wildman–Crippen LogP) is 3.29. The number of benzene rings is 1. The average molecular weight is 356 g/mol. The third kappa shape index (κ3) is 3.75. The first-order valence-electron chi connectivity index (χ1n) is 6.90. The second-order valence-corrected chi connectivity index (χ2v) is 6.03. The van der Waals surface area contributed by atoms with Crippen molar-refractivity contribution in [2.75, 3.05) is 12.4 Å². The summed E-state index contributed by atoms with van der Waals surface area (Å²) in [5, 5.41) is 12.0. The van der Waals surface area contributed by atoms with E-state index >= 15 is 0 Å². The fourth-order valence-electron chi connectivity index (χ4n) is 2.72. The van der Waals surface area contributed by atoms with Crippen LogP contribution in [0.1, 0.15) is 25.7 Å². The number of hydrogen-bond donors (Lipinski definition) is 2. The topological polar surface area (TPSA) is 75.6 Å². The smallest absolute Gasteiger partial charge is 0.307 e. The fourth-order valence-corrected chi connectivity index (χ4v) is 3.26. The first-order valence-corrected chi connectivity index (χ1v) is 7.69. The van der Waals surface area contributed by atoms with E-state index in [-0.39, 0.29) is 5.91 Å². The lowest BCUT2D eigenvalue weighted by Crippen LogP contribution is -2.36. The van der Waals surface area contributed by atoms with Gasteiger partial charge in [-0.3, -0.25) is 9.59 Å². The van der Waals surface area contributed by atoms with Gasteiger partial charge in [0.15, 0.2) is 0 Å². The summed E-state index contributed by atoms with van der Waals surface area (Å²) < 4.78 is 5.87. The van der Waals surface area contributed by atoms with E-state index in [2.05, 4.69) is 21.2 Å². The molecule has 1 fully saturated rings. The summed E-state index contributed by atoms with van der Waals surface area (Å²) in [6.45, 7) is 0. The summed E-state index contributed by atoms with van der Waals surface area (Å²) in [5.41, 5.74) is 0.627. The van der Waals surface area contributed by atoms with Crippen LogP contribution in [0.25, 0.3) is 0 Å². The quantitative estimate of drug-likeness (QED) is 0.868. The number of nitrogens with one attached hydrogen (secondary N) is 1. The number of hydrogen-bond acceptors (Lipinski definition) is 3. The van der Waals surface area contributed by atoms with E-state index in [1.807, 2.05) is 0 Å². The average Bonchev–Trinajstić information content (AvgIpc) is 2.47. The van der Waals surface area contributed by atoms with Crippen molar-refractivity contribution in [3.05, 3.63) is 22.7 Å². The highest BCUT2D eigenvalue weighted by atomic mass is 79.9. The van der Waals surface area contributed by atoms with Crippen molar-refractivity contribution in [1.29, 1.82) is 0 Å². The van der Waals surface area contributed by atoms with E-state index in [1.165, 1.54) is 0 Å². The molecule has 2 atom stereocenters. The molecule has 2 rings (SSSR count). The van der Waals surface area contributed by atoms with Gasteiger partial charge in [-0.25, -0.2) is 0 Å². The van der Waals surface area contributed by atoms with Crippen LogP contribution in [-0.4, -0.2) is 24.1 Å². The minimum atomic E-state index is -0.884. The van der Waals surface area contributed by atoms with Gasteiger partial charge in [-0.15, -0.1) is 0 Å². The standard InChI is InChI=1S/C15H18BrNO4/c1-21-13-7-6-9(8-12(13)16)17-14(18)10-4-2-3-5-11(10)15(19)20/h6-8,10-11H,2-5H2,1H3,(H,17,18)(H,19,20)/t10-,11+/m1/s1. The molecule has 0 aromatic heterocycles. The molecule has 1 aliphatic rings. The third-order valence-corrected chi connectivity index (χ3v) is 4.46. The van der Waals surface area contributed by atoms with Crippen molar-refractivity contribution < 1.29 is 19.4 Å². The van der Waals surface area contributed by atoms with E-state index in [1.54, 1.807) is 25.3 Å². The molecule has 1 amide bonds. The van der Waals surface area contributed by atoms with Gasteiger partial charge in [0.2, 0.25) is 5.91 Å². The Kier molecular flexibility index (Phi) is 5.22. The molecule has 0 heterocycles. The van der Waals surface area contributed by atoms with E-state index in [9.17, 15) is 14.7 Å². The number of ether oxygens (including phenoxy) is 1. The Morgan fingerprint density at radius 2 is 1.95 bits per heavy atom. The van der Waals surface area contributed by atoms with Gasteiger partial charge in [0.1, 0.15) is 5.75 Å². The summed E-state index contributed by atoms with van der Waals surface area (Å²) in [7, 11) is 1.57. The summed E-state index contributed by atoms with van der Waals surface area (Å²) in [6.07, 6.45) is 2.96. The maximum Gasteiger partial charge on any atom is 0.307 e. The van der Waals surface area contributed by atoms with Crippen molar-refractivity contribution >= 4 is 33.5 Å². The molecule has 1 aromatic carbocycles. The number of anilines is 1. The van der Waals surface area contributed by atoms with Crippen LogP contribution in [0, 0.1) is 11.8 Å². The highest BCUT2D eigenvalue weighted by Gasteiger charge is 2.35. The normalized spacial score (nSPS) is 21.6. The molecular weight excluding hydrogens is 338 g/mol. The largest absolute Gasteiger partial charge is 0.496 e. The number of carbonyl (C=O) groups is 2. The first-order chi connectivity index (χ1) is 10.0. The SMILES string of the molecule is COc1ccc(NC(=O)[C@@H]2CCCC[C@@H]2C(=O)O)cc1Br. The highest BCUT2D eigenvalue weighted by Crippen LogP contribution is 2.32. The first kappa shape index (κ1) is 15.8. The minimum Gasteiger partial charge on any atom is -0.496 e. The molecule has 0 saturated heterocycles. The molecule has 5 nitrogen and oxygen atoms in total. The second-order valence-electron chi connectivity index (χ2n) is 5.17. The molecule has 0 unspecified atom stereocenters. The molecule has 1 aliphatic carbocycles. The van der Waals surface area contributed by atoms with Gasteiger partial charge in [-0.05, 0) is 47.0 Å². The van der Waals surface area contributed by atoms with Crippen molar-refractivity contribution in [1.82, 2.24) is 0 Å². The number of aliphatic carboxylic acids is 1. The van der Waals surface area contributed by atoms with Gasteiger partial charge in [0.05, 0.1) is 23.4 Å². The molecule has 21 heavy (non-hydrogen) atoms. The van der Waals surface area contributed by atoms with Crippen LogP contribution in [0.5, 0.6) is 5.75 Å². The summed E-state index contributed by atoms with van der Waals surface area (Å²) in [4.78, 5) is 23.6. The van der Waals surface area contributed by atoms with E-state index < -0.39 is 17.8 Å². The maximum absolute atomic E-state index is 12.3. The van der Waals surface area contributed by atoms with Crippen molar-refractivity contribution in [2.24, 2.45) is 11.8 Å². The number of rotatable bonds is 4. The summed E-state index contributed by atoms with van der Waals surface area (Å²) in [5.74, 6) is -1.48. The molecule has 1 saturated carbocycles.